The Labute approximate surface area is 206 Å². The molecule has 2 aliphatic carbocycles. The predicted octanol–water partition coefficient (Wildman–Crippen LogP) is 4.56. The maximum Gasteiger partial charge on any atom is 0.407 e. The molecule has 0 unspecified atom stereocenters. The summed E-state index contributed by atoms with van der Waals surface area (Å²) in [7, 11) is 0. The zero-order valence-electron chi connectivity index (χ0n) is 20.5. The standard InChI is InChI=1S/C28H34N2O5/c1-28(2,3)24(26(32)33)30-25(31)18-14-8-9-17(18)15-29-27(34)35-16-23-21-12-6-4-10-19(21)20-11-5-7-13-22(20)23/h4-7,10-13,17-18,23-24H,8-9,14-16H2,1-3H3,(H,29,34)(H,30,31)(H,32,33)/t17-,18-,24-/m0/s1. The maximum atomic E-state index is 12.9. The number of aliphatic carboxylic acids is 1. The summed E-state index contributed by atoms with van der Waals surface area (Å²) < 4.78 is 5.61. The first-order chi connectivity index (χ1) is 16.7. The van der Waals surface area contributed by atoms with E-state index in [1.807, 2.05) is 24.3 Å². The van der Waals surface area contributed by atoms with Crippen molar-refractivity contribution in [3.8, 4) is 11.1 Å². The fourth-order valence-electron chi connectivity index (χ4n) is 5.39. The quantitative estimate of drug-likeness (QED) is 0.541. The largest absolute Gasteiger partial charge is 0.480 e. The van der Waals surface area contributed by atoms with Crippen molar-refractivity contribution in [3.63, 3.8) is 0 Å². The molecule has 0 saturated heterocycles. The van der Waals surface area contributed by atoms with Crippen LogP contribution in [0.2, 0.25) is 0 Å². The molecule has 0 bridgehead atoms. The number of nitrogens with one attached hydrogen (secondary N) is 2. The topological polar surface area (TPSA) is 105 Å². The van der Waals surface area contributed by atoms with Crippen LogP contribution in [-0.2, 0) is 14.3 Å². The third-order valence-electron chi connectivity index (χ3n) is 7.25. The van der Waals surface area contributed by atoms with Gasteiger partial charge in [-0.25, -0.2) is 9.59 Å². The van der Waals surface area contributed by atoms with Crippen LogP contribution in [0.1, 0.15) is 57.1 Å². The molecule has 0 spiro atoms. The number of carbonyl (C=O) groups excluding carboxylic acids is 2. The number of carboxylic acids is 1. The van der Waals surface area contributed by atoms with E-state index in [4.69, 9.17) is 4.74 Å². The second kappa shape index (κ2) is 10.1. The number of carbonyl (C=O) groups is 3. The zero-order valence-corrected chi connectivity index (χ0v) is 20.5. The van der Waals surface area contributed by atoms with E-state index in [0.29, 0.717) is 13.0 Å². The molecule has 2 aromatic carbocycles. The number of alkyl carbamates (subject to hydrolysis) is 1. The molecule has 7 nitrogen and oxygen atoms in total. The SMILES string of the molecule is CC(C)(C)[C@@H](NC(=O)[C@H]1CCC[C@H]1CNC(=O)OCC1c2ccccc2-c2ccccc21)C(=O)O. The number of rotatable bonds is 7. The molecule has 0 aliphatic heterocycles. The third kappa shape index (κ3) is 5.34. The number of fused-ring (bicyclic) bond motifs is 3. The van der Waals surface area contributed by atoms with Crippen LogP contribution in [0.5, 0.6) is 0 Å². The van der Waals surface area contributed by atoms with Crippen molar-refractivity contribution in [1.82, 2.24) is 10.6 Å². The van der Waals surface area contributed by atoms with Crippen LogP contribution < -0.4 is 10.6 Å². The highest BCUT2D eigenvalue weighted by Gasteiger charge is 2.38. The fraction of sp³-hybridized carbons (Fsp3) is 0.464. The van der Waals surface area contributed by atoms with Gasteiger partial charge in [0.15, 0.2) is 0 Å². The summed E-state index contributed by atoms with van der Waals surface area (Å²) in [6.07, 6.45) is 1.84. The minimum absolute atomic E-state index is 0.0106. The van der Waals surface area contributed by atoms with Gasteiger partial charge in [-0.05, 0) is 46.4 Å². The van der Waals surface area contributed by atoms with E-state index in [9.17, 15) is 19.5 Å². The Morgan fingerprint density at radius 3 is 2.17 bits per heavy atom. The molecule has 1 saturated carbocycles. The van der Waals surface area contributed by atoms with Gasteiger partial charge in [-0.3, -0.25) is 4.79 Å². The van der Waals surface area contributed by atoms with Gasteiger partial charge < -0.3 is 20.5 Å². The van der Waals surface area contributed by atoms with Crippen LogP contribution in [-0.4, -0.2) is 42.3 Å². The first kappa shape index (κ1) is 24.8. The minimum atomic E-state index is -1.04. The zero-order chi connectivity index (χ0) is 25.2. The lowest BCUT2D eigenvalue weighted by atomic mass is 9.85. The lowest BCUT2D eigenvalue weighted by molar-refractivity contribution is -0.145. The second-order valence-electron chi connectivity index (χ2n) is 10.6. The number of hydrogen-bond acceptors (Lipinski definition) is 4. The molecule has 3 N–H and O–H groups in total. The van der Waals surface area contributed by atoms with Crippen molar-refractivity contribution in [3.05, 3.63) is 59.7 Å². The van der Waals surface area contributed by atoms with E-state index < -0.39 is 23.5 Å². The Balaban J connectivity index is 1.32. The summed E-state index contributed by atoms with van der Waals surface area (Å²) in [5, 5.41) is 15.1. The molecule has 1 fully saturated rings. The normalized spacial score (nSPS) is 20.0. The van der Waals surface area contributed by atoms with E-state index in [-0.39, 0.29) is 30.3 Å². The van der Waals surface area contributed by atoms with Gasteiger partial charge in [-0.1, -0.05) is 75.7 Å². The van der Waals surface area contributed by atoms with Gasteiger partial charge in [0.05, 0.1) is 0 Å². The molecule has 2 aromatic rings. The first-order valence-corrected chi connectivity index (χ1v) is 12.3. The van der Waals surface area contributed by atoms with E-state index in [1.165, 1.54) is 11.1 Å². The highest BCUT2D eigenvalue weighted by Crippen LogP contribution is 2.44. The van der Waals surface area contributed by atoms with E-state index in [2.05, 4.69) is 34.9 Å². The molecule has 7 heteroatoms. The Hall–Kier alpha value is -3.35. The smallest absolute Gasteiger partial charge is 0.407 e. The first-order valence-electron chi connectivity index (χ1n) is 12.3. The van der Waals surface area contributed by atoms with Gasteiger partial charge >= 0.3 is 12.1 Å². The fourth-order valence-corrected chi connectivity index (χ4v) is 5.39. The molecule has 3 atom stereocenters. The molecular formula is C28H34N2O5. The van der Waals surface area contributed by atoms with Crippen molar-refractivity contribution in [2.75, 3.05) is 13.2 Å². The van der Waals surface area contributed by atoms with Gasteiger partial charge in [0, 0.05) is 18.4 Å². The average Bonchev–Trinajstić information content (AvgIpc) is 3.41. The maximum absolute atomic E-state index is 12.9. The van der Waals surface area contributed by atoms with Gasteiger partial charge in [0.2, 0.25) is 5.91 Å². The Morgan fingerprint density at radius 1 is 1.00 bits per heavy atom. The summed E-state index contributed by atoms with van der Waals surface area (Å²) in [5.41, 5.74) is 4.05. The number of ether oxygens (including phenoxy) is 1. The number of amides is 2. The predicted molar refractivity (Wildman–Crippen MR) is 133 cm³/mol. The van der Waals surface area contributed by atoms with Crippen molar-refractivity contribution >= 4 is 18.0 Å². The van der Waals surface area contributed by atoms with Crippen molar-refractivity contribution in [2.45, 2.75) is 52.0 Å². The Kier molecular flexibility index (Phi) is 7.15. The molecule has 0 heterocycles. The minimum Gasteiger partial charge on any atom is -0.480 e. The van der Waals surface area contributed by atoms with Crippen LogP contribution in [0.3, 0.4) is 0 Å². The molecular weight excluding hydrogens is 444 g/mol. The van der Waals surface area contributed by atoms with E-state index >= 15 is 0 Å². The average molecular weight is 479 g/mol. The van der Waals surface area contributed by atoms with Crippen molar-refractivity contribution < 1.29 is 24.2 Å². The van der Waals surface area contributed by atoms with E-state index in [0.717, 1.165) is 24.0 Å². The van der Waals surface area contributed by atoms with Gasteiger partial charge in [-0.2, -0.15) is 0 Å². The Morgan fingerprint density at radius 2 is 1.60 bits per heavy atom. The van der Waals surface area contributed by atoms with Crippen LogP contribution in [0, 0.1) is 17.3 Å². The summed E-state index contributed by atoms with van der Waals surface area (Å²) in [4.78, 5) is 37.1. The lowest BCUT2D eigenvalue weighted by Crippen LogP contribution is -2.51. The highest BCUT2D eigenvalue weighted by molar-refractivity contribution is 5.86. The molecule has 4 rings (SSSR count). The van der Waals surface area contributed by atoms with Crippen LogP contribution >= 0.6 is 0 Å². The van der Waals surface area contributed by atoms with Gasteiger partial charge in [0.25, 0.3) is 0 Å². The van der Waals surface area contributed by atoms with Crippen molar-refractivity contribution in [2.24, 2.45) is 17.3 Å². The molecule has 186 valence electrons. The summed E-state index contributed by atoms with van der Waals surface area (Å²) >= 11 is 0. The highest BCUT2D eigenvalue weighted by atomic mass is 16.5. The summed E-state index contributed by atoms with van der Waals surface area (Å²) in [6.45, 7) is 5.92. The molecule has 2 aliphatic rings. The van der Waals surface area contributed by atoms with Gasteiger partial charge in [-0.15, -0.1) is 0 Å². The van der Waals surface area contributed by atoms with Crippen molar-refractivity contribution in [1.29, 1.82) is 0 Å². The second-order valence-corrected chi connectivity index (χ2v) is 10.6. The van der Waals surface area contributed by atoms with Crippen LogP contribution in [0.15, 0.2) is 48.5 Å². The third-order valence-corrected chi connectivity index (χ3v) is 7.25. The summed E-state index contributed by atoms with van der Waals surface area (Å²) in [6, 6.07) is 15.4. The summed E-state index contributed by atoms with van der Waals surface area (Å²) in [5.74, 6) is -1.69. The molecule has 0 aromatic heterocycles. The molecule has 2 amide bonds. The van der Waals surface area contributed by atoms with Gasteiger partial charge in [0.1, 0.15) is 12.6 Å². The van der Waals surface area contributed by atoms with Crippen LogP contribution in [0.4, 0.5) is 4.79 Å². The number of carboxylic acid groups (broad SMARTS) is 1. The Bertz CT molecular complexity index is 1060. The number of hydrogen-bond donors (Lipinski definition) is 3. The molecule has 0 radical (unpaired) electrons. The monoisotopic (exact) mass is 478 g/mol. The molecule has 35 heavy (non-hydrogen) atoms. The lowest BCUT2D eigenvalue weighted by Gasteiger charge is -2.30. The van der Waals surface area contributed by atoms with Crippen LogP contribution in [0.25, 0.3) is 11.1 Å². The van der Waals surface area contributed by atoms with E-state index in [1.54, 1.807) is 20.8 Å². The number of benzene rings is 2.